The second kappa shape index (κ2) is 5.95. The van der Waals surface area contributed by atoms with E-state index in [0.29, 0.717) is 19.7 Å². The Labute approximate surface area is 99.6 Å². The molecule has 0 saturated heterocycles. The molecule has 0 unspecified atom stereocenters. The van der Waals surface area contributed by atoms with Gasteiger partial charge in [0.25, 0.3) is 0 Å². The molecular formula is C11H15N5O. The van der Waals surface area contributed by atoms with Crippen molar-refractivity contribution >= 4 is 0 Å². The summed E-state index contributed by atoms with van der Waals surface area (Å²) in [5, 5.41) is 14.5. The summed E-state index contributed by atoms with van der Waals surface area (Å²) < 4.78 is 7.31. The molecule has 0 radical (unpaired) electrons. The highest BCUT2D eigenvalue weighted by atomic mass is 16.5. The summed E-state index contributed by atoms with van der Waals surface area (Å²) in [4.78, 5) is 0. The average Bonchev–Trinajstić information content (AvgIpc) is 2.79. The van der Waals surface area contributed by atoms with Gasteiger partial charge in [0.1, 0.15) is 12.4 Å². The van der Waals surface area contributed by atoms with Gasteiger partial charge in [-0.1, -0.05) is 18.2 Å². The molecule has 0 amide bonds. The summed E-state index contributed by atoms with van der Waals surface area (Å²) in [5.41, 5.74) is 0. The van der Waals surface area contributed by atoms with Crippen LogP contribution in [0, 0.1) is 0 Å². The van der Waals surface area contributed by atoms with Crippen molar-refractivity contribution in [1.29, 1.82) is 0 Å². The first-order chi connectivity index (χ1) is 8.40. The number of aromatic nitrogens is 4. The third-order valence-corrected chi connectivity index (χ3v) is 2.26. The van der Waals surface area contributed by atoms with Gasteiger partial charge in [-0.2, -0.15) is 0 Å². The first kappa shape index (κ1) is 11.5. The number of nitrogens with one attached hydrogen (secondary N) is 1. The smallest absolute Gasteiger partial charge is 0.165 e. The zero-order valence-corrected chi connectivity index (χ0v) is 9.71. The summed E-state index contributed by atoms with van der Waals surface area (Å²) >= 11 is 0. The molecule has 0 aliphatic rings. The predicted octanol–water partition coefficient (Wildman–Crippen LogP) is 0.471. The van der Waals surface area contributed by atoms with Gasteiger partial charge in [0, 0.05) is 0 Å². The van der Waals surface area contributed by atoms with E-state index in [4.69, 9.17) is 4.74 Å². The predicted molar refractivity (Wildman–Crippen MR) is 62.5 cm³/mol. The maximum absolute atomic E-state index is 5.58. The highest BCUT2D eigenvalue weighted by Crippen LogP contribution is 2.07. The van der Waals surface area contributed by atoms with Gasteiger partial charge in [0.05, 0.1) is 13.1 Å². The maximum atomic E-state index is 5.58. The molecule has 1 N–H and O–H groups in total. The Bertz CT molecular complexity index is 442. The molecule has 17 heavy (non-hydrogen) atoms. The summed E-state index contributed by atoms with van der Waals surface area (Å²) in [6, 6.07) is 9.69. The monoisotopic (exact) mass is 233 g/mol. The van der Waals surface area contributed by atoms with Crippen LogP contribution in [0.5, 0.6) is 5.75 Å². The molecule has 1 heterocycles. The number of nitrogens with zero attached hydrogens (tertiary/aromatic N) is 4. The number of para-hydroxylation sites is 1. The van der Waals surface area contributed by atoms with Gasteiger partial charge in [0.2, 0.25) is 0 Å². The normalized spacial score (nSPS) is 10.4. The third kappa shape index (κ3) is 3.25. The fourth-order valence-corrected chi connectivity index (χ4v) is 1.45. The van der Waals surface area contributed by atoms with Crippen LogP contribution in [-0.2, 0) is 13.1 Å². The molecule has 0 atom stereocenters. The minimum Gasteiger partial charge on any atom is -0.492 e. The lowest BCUT2D eigenvalue weighted by Crippen LogP contribution is -2.16. The van der Waals surface area contributed by atoms with Gasteiger partial charge >= 0.3 is 0 Å². The van der Waals surface area contributed by atoms with Crippen molar-refractivity contribution in [2.45, 2.75) is 13.1 Å². The fraction of sp³-hybridized carbons (Fsp3) is 0.364. The molecule has 0 spiro atoms. The van der Waals surface area contributed by atoms with Gasteiger partial charge in [0.15, 0.2) is 5.82 Å². The van der Waals surface area contributed by atoms with Crippen molar-refractivity contribution in [3.63, 3.8) is 0 Å². The van der Waals surface area contributed by atoms with Crippen LogP contribution in [0.3, 0.4) is 0 Å². The van der Waals surface area contributed by atoms with Gasteiger partial charge in [-0.25, -0.2) is 4.68 Å². The van der Waals surface area contributed by atoms with Crippen molar-refractivity contribution in [3.8, 4) is 5.75 Å². The first-order valence-corrected chi connectivity index (χ1v) is 5.47. The average molecular weight is 233 g/mol. The molecule has 6 heteroatoms. The Balaban J connectivity index is 1.84. The molecule has 2 rings (SSSR count). The zero-order chi connectivity index (χ0) is 11.9. The minimum absolute atomic E-state index is 0.547. The van der Waals surface area contributed by atoms with Crippen molar-refractivity contribution in [3.05, 3.63) is 36.2 Å². The maximum Gasteiger partial charge on any atom is 0.165 e. The molecule has 0 aliphatic heterocycles. The van der Waals surface area contributed by atoms with E-state index in [9.17, 15) is 0 Å². The number of rotatable bonds is 6. The third-order valence-electron chi connectivity index (χ3n) is 2.26. The van der Waals surface area contributed by atoms with Crippen LogP contribution in [0.25, 0.3) is 0 Å². The van der Waals surface area contributed by atoms with E-state index >= 15 is 0 Å². The summed E-state index contributed by atoms with van der Waals surface area (Å²) in [7, 11) is 1.86. The molecule has 0 bridgehead atoms. The number of tetrazole rings is 1. The van der Waals surface area contributed by atoms with Crippen LogP contribution < -0.4 is 10.1 Å². The van der Waals surface area contributed by atoms with E-state index < -0.39 is 0 Å². The quantitative estimate of drug-likeness (QED) is 0.785. The molecule has 1 aromatic heterocycles. The van der Waals surface area contributed by atoms with Crippen LogP contribution in [0.15, 0.2) is 30.3 Å². The second-order valence-corrected chi connectivity index (χ2v) is 3.51. The molecular weight excluding hydrogens is 218 g/mol. The SMILES string of the molecule is CNCc1nnnn1CCOc1ccccc1. The van der Waals surface area contributed by atoms with Crippen LogP contribution in [0.2, 0.25) is 0 Å². The summed E-state index contributed by atoms with van der Waals surface area (Å²) in [6.07, 6.45) is 0. The number of hydrogen-bond donors (Lipinski definition) is 1. The summed E-state index contributed by atoms with van der Waals surface area (Å²) in [6.45, 7) is 1.84. The molecule has 0 saturated carbocycles. The highest BCUT2D eigenvalue weighted by molar-refractivity contribution is 5.20. The molecule has 0 aliphatic carbocycles. The van der Waals surface area contributed by atoms with E-state index in [1.807, 2.05) is 37.4 Å². The largest absolute Gasteiger partial charge is 0.492 e. The molecule has 1 aromatic carbocycles. The van der Waals surface area contributed by atoms with Gasteiger partial charge in [-0.3, -0.25) is 0 Å². The number of ether oxygens (including phenoxy) is 1. The first-order valence-electron chi connectivity index (χ1n) is 5.47. The fourth-order valence-electron chi connectivity index (χ4n) is 1.45. The topological polar surface area (TPSA) is 64.9 Å². The Morgan fingerprint density at radius 3 is 2.88 bits per heavy atom. The van der Waals surface area contributed by atoms with E-state index in [-0.39, 0.29) is 0 Å². The van der Waals surface area contributed by atoms with Gasteiger partial charge in [-0.15, -0.1) is 5.10 Å². The van der Waals surface area contributed by atoms with E-state index in [0.717, 1.165) is 11.6 Å². The molecule has 90 valence electrons. The Morgan fingerprint density at radius 2 is 2.12 bits per heavy atom. The lowest BCUT2D eigenvalue weighted by atomic mass is 10.3. The van der Waals surface area contributed by atoms with Crippen molar-refractivity contribution in [2.24, 2.45) is 0 Å². The minimum atomic E-state index is 0.547. The van der Waals surface area contributed by atoms with Crippen LogP contribution in [0.1, 0.15) is 5.82 Å². The standard InChI is InChI=1S/C11H15N5O/c1-12-9-11-13-14-15-16(11)7-8-17-10-5-3-2-4-6-10/h2-6,12H,7-9H2,1H3. The van der Waals surface area contributed by atoms with Crippen molar-refractivity contribution < 1.29 is 4.74 Å². The van der Waals surface area contributed by atoms with Crippen LogP contribution >= 0.6 is 0 Å². The van der Waals surface area contributed by atoms with Crippen LogP contribution in [0.4, 0.5) is 0 Å². The number of benzene rings is 1. The highest BCUT2D eigenvalue weighted by Gasteiger charge is 2.04. The number of hydrogen-bond acceptors (Lipinski definition) is 5. The van der Waals surface area contributed by atoms with E-state index in [1.54, 1.807) is 4.68 Å². The molecule has 2 aromatic rings. The summed E-state index contributed by atoms with van der Waals surface area (Å²) in [5.74, 6) is 1.67. The molecule has 6 nitrogen and oxygen atoms in total. The Morgan fingerprint density at radius 1 is 1.29 bits per heavy atom. The molecule has 0 fully saturated rings. The Kier molecular flexibility index (Phi) is 4.04. The van der Waals surface area contributed by atoms with Gasteiger partial charge in [-0.05, 0) is 29.6 Å². The lowest BCUT2D eigenvalue weighted by molar-refractivity contribution is 0.287. The van der Waals surface area contributed by atoms with Crippen molar-refractivity contribution in [1.82, 2.24) is 25.5 Å². The van der Waals surface area contributed by atoms with E-state index in [2.05, 4.69) is 20.8 Å². The zero-order valence-electron chi connectivity index (χ0n) is 9.71. The van der Waals surface area contributed by atoms with Crippen LogP contribution in [-0.4, -0.2) is 33.9 Å². The Hall–Kier alpha value is -1.95. The van der Waals surface area contributed by atoms with Crippen molar-refractivity contribution in [2.75, 3.05) is 13.7 Å². The lowest BCUT2D eigenvalue weighted by Gasteiger charge is -2.06. The van der Waals surface area contributed by atoms with E-state index in [1.165, 1.54) is 0 Å². The second-order valence-electron chi connectivity index (χ2n) is 3.51. The van der Waals surface area contributed by atoms with Gasteiger partial charge < -0.3 is 10.1 Å².